The van der Waals surface area contributed by atoms with E-state index in [9.17, 15) is 14.4 Å². The lowest BCUT2D eigenvalue weighted by molar-refractivity contribution is -0.155. The molecule has 0 fully saturated rings. The van der Waals surface area contributed by atoms with Crippen LogP contribution < -0.4 is 5.32 Å². The molecule has 7 heteroatoms. The van der Waals surface area contributed by atoms with Gasteiger partial charge in [-0.05, 0) is 44.4 Å². The number of benzene rings is 1. The summed E-state index contributed by atoms with van der Waals surface area (Å²) in [5.41, 5.74) is 0.0866. The van der Waals surface area contributed by atoms with Gasteiger partial charge >= 0.3 is 5.97 Å². The van der Waals surface area contributed by atoms with Gasteiger partial charge in [-0.3, -0.25) is 14.4 Å². The van der Waals surface area contributed by atoms with E-state index in [2.05, 4.69) is 5.32 Å². The molecule has 0 saturated carbocycles. The average Bonchev–Trinajstić information content (AvgIpc) is 3.07. The average molecular weight is 374 g/mol. The van der Waals surface area contributed by atoms with E-state index in [1.54, 1.807) is 62.5 Å². The first-order chi connectivity index (χ1) is 12.2. The van der Waals surface area contributed by atoms with E-state index >= 15 is 0 Å². The van der Waals surface area contributed by atoms with Gasteiger partial charge in [0.15, 0.2) is 0 Å². The maximum Gasteiger partial charge on any atom is 0.326 e. The molecule has 138 valence electrons. The van der Waals surface area contributed by atoms with Crippen molar-refractivity contribution in [3.63, 3.8) is 0 Å². The maximum atomic E-state index is 12.7. The number of ether oxygens (including phenoxy) is 1. The first-order valence-electron chi connectivity index (χ1n) is 8.08. The fourth-order valence-electron chi connectivity index (χ4n) is 2.22. The molecule has 0 unspecified atom stereocenters. The molecule has 0 aliphatic carbocycles. The summed E-state index contributed by atoms with van der Waals surface area (Å²) in [6.07, 6.45) is 0. The van der Waals surface area contributed by atoms with Gasteiger partial charge in [-0.25, -0.2) is 0 Å². The Morgan fingerprint density at radius 1 is 1.12 bits per heavy atom. The van der Waals surface area contributed by atoms with Crippen molar-refractivity contribution in [1.29, 1.82) is 0 Å². The number of esters is 1. The number of anilines is 1. The lowest BCUT2D eigenvalue weighted by Gasteiger charge is -2.23. The van der Waals surface area contributed by atoms with Crippen molar-refractivity contribution in [2.24, 2.45) is 0 Å². The van der Waals surface area contributed by atoms with Gasteiger partial charge in [-0.2, -0.15) is 0 Å². The molecule has 26 heavy (non-hydrogen) atoms. The van der Waals surface area contributed by atoms with E-state index in [0.717, 1.165) is 0 Å². The second-order valence-corrected chi connectivity index (χ2v) is 7.67. The number of hydrogen-bond acceptors (Lipinski definition) is 5. The fourth-order valence-corrected chi connectivity index (χ4v) is 2.83. The molecule has 2 aromatic rings. The van der Waals surface area contributed by atoms with Gasteiger partial charge in [0.2, 0.25) is 0 Å². The van der Waals surface area contributed by atoms with E-state index < -0.39 is 11.6 Å². The van der Waals surface area contributed by atoms with Crippen LogP contribution in [0.25, 0.3) is 0 Å². The molecule has 0 spiro atoms. The highest BCUT2D eigenvalue weighted by Gasteiger charge is 2.22. The number of thiophene rings is 1. The molecule has 1 N–H and O–H groups in total. The van der Waals surface area contributed by atoms with Crippen LogP contribution in [0.2, 0.25) is 0 Å². The number of carbonyl (C=O) groups excluding carboxylic acids is 3. The second kappa shape index (κ2) is 8.14. The molecule has 0 saturated heterocycles. The number of rotatable bonds is 5. The van der Waals surface area contributed by atoms with Crippen molar-refractivity contribution in [1.82, 2.24) is 4.90 Å². The van der Waals surface area contributed by atoms with Gasteiger partial charge in [-0.1, -0.05) is 18.2 Å². The summed E-state index contributed by atoms with van der Waals surface area (Å²) in [4.78, 5) is 38.7. The molecule has 1 heterocycles. The molecular formula is C19H22N2O4S. The van der Waals surface area contributed by atoms with Crippen molar-refractivity contribution >= 4 is 34.8 Å². The van der Waals surface area contributed by atoms with E-state index in [1.807, 2.05) is 0 Å². The van der Waals surface area contributed by atoms with Crippen molar-refractivity contribution in [3.8, 4) is 0 Å². The molecule has 1 aromatic heterocycles. The van der Waals surface area contributed by atoms with Crippen LogP contribution in [0.1, 0.15) is 40.8 Å². The van der Waals surface area contributed by atoms with Crippen LogP contribution in [-0.4, -0.2) is 41.9 Å². The van der Waals surface area contributed by atoms with Crippen LogP contribution in [0.5, 0.6) is 0 Å². The predicted molar refractivity (Wildman–Crippen MR) is 102 cm³/mol. The fraction of sp³-hybridized carbons (Fsp3) is 0.316. The van der Waals surface area contributed by atoms with Crippen LogP contribution in [0.3, 0.4) is 0 Å². The van der Waals surface area contributed by atoms with E-state index in [-0.39, 0.29) is 18.4 Å². The molecule has 0 aliphatic rings. The highest BCUT2D eigenvalue weighted by Crippen LogP contribution is 2.19. The highest BCUT2D eigenvalue weighted by atomic mass is 32.1. The Hall–Kier alpha value is -2.67. The third-order valence-corrected chi connectivity index (χ3v) is 4.15. The normalized spacial score (nSPS) is 10.9. The Balaban J connectivity index is 2.11. The van der Waals surface area contributed by atoms with Crippen LogP contribution in [0.15, 0.2) is 41.8 Å². The number of nitrogens with zero attached hydrogens (tertiary/aromatic N) is 1. The first-order valence-corrected chi connectivity index (χ1v) is 8.96. The van der Waals surface area contributed by atoms with Gasteiger partial charge in [-0.15, -0.1) is 11.3 Å². The van der Waals surface area contributed by atoms with E-state index in [0.29, 0.717) is 16.1 Å². The number of para-hydroxylation sites is 1. The predicted octanol–water partition coefficient (Wildman–Crippen LogP) is 3.41. The standard InChI is InChI=1S/C19H22N2O4S/c1-19(2,3)25-16(22)12-21(4)18(24)13-8-5-6-9-14(13)20-17(23)15-10-7-11-26-15/h5-11H,12H2,1-4H3,(H,20,23). The molecule has 1 aromatic carbocycles. The number of likely N-dealkylation sites (N-methyl/N-ethyl adjacent to an activating group) is 1. The van der Waals surface area contributed by atoms with Crippen molar-refractivity contribution in [3.05, 3.63) is 52.2 Å². The minimum absolute atomic E-state index is 0.177. The Morgan fingerprint density at radius 3 is 2.42 bits per heavy atom. The Kier molecular flexibility index (Phi) is 6.15. The summed E-state index contributed by atoms with van der Waals surface area (Å²) >= 11 is 1.32. The zero-order valence-corrected chi connectivity index (χ0v) is 16.1. The smallest absolute Gasteiger partial charge is 0.326 e. The van der Waals surface area contributed by atoms with Gasteiger partial charge in [0.25, 0.3) is 11.8 Å². The summed E-state index contributed by atoms with van der Waals surface area (Å²) in [6.45, 7) is 5.12. The number of nitrogens with one attached hydrogen (secondary N) is 1. The van der Waals surface area contributed by atoms with Gasteiger partial charge < -0.3 is 15.0 Å². The lowest BCUT2D eigenvalue weighted by Crippen LogP contribution is -2.36. The third-order valence-electron chi connectivity index (χ3n) is 3.28. The largest absolute Gasteiger partial charge is 0.459 e. The van der Waals surface area contributed by atoms with Crippen LogP contribution in [0.4, 0.5) is 5.69 Å². The van der Waals surface area contributed by atoms with Crippen molar-refractivity contribution in [2.45, 2.75) is 26.4 Å². The Labute approximate surface area is 156 Å². The zero-order chi connectivity index (χ0) is 19.3. The van der Waals surface area contributed by atoms with Crippen LogP contribution in [-0.2, 0) is 9.53 Å². The quantitative estimate of drug-likeness (QED) is 0.814. The van der Waals surface area contributed by atoms with Crippen molar-refractivity contribution < 1.29 is 19.1 Å². The molecule has 0 aliphatic heterocycles. The van der Waals surface area contributed by atoms with Gasteiger partial charge in [0.05, 0.1) is 16.1 Å². The number of amides is 2. The van der Waals surface area contributed by atoms with Crippen LogP contribution >= 0.6 is 11.3 Å². The Bertz CT molecular complexity index is 794. The Morgan fingerprint density at radius 2 is 1.81 bits per heavy atom. The summed E-state index contributed by atoms with van der Waals surface area (Å²) in [5, 5.41) is 4.55. The molecule has 6 nitrogen and oxygen atoms in total. The summed E-state index contributed by atoms with van der Waals surface area (Å²) in [6, 6.07) is 10.2. The second-order valence-electron chi connectivity index (χ2n) is 6.72. The maximum absolute atomic E-state index is 12.7. The minimum atomic E-state index is -0.617. The molecule has 2 amide bonds. The van der Waals surface area contributed by atoms with E-state index in [1.165, 1.54) is 23.3 Å². The summed E-state index contributed by atoms with van der Waals surface area (Å²) < 4.78 is 5.24. The third kappa shape index (κ3) is 5.42. The first kappa shape index (κ1) is 19.7. The van der Waals surface area contributed by atoms with Crippen molar-refractivity contribution in [2.75, 3.05) is 18.9 Å². The van der Waals surface area contributed by atoms with Gasteiger partial charge in [0.1, 0.15) is 12.1 Å². The topological polar surface area (TPSA) is 75.7 Å². The molecule has 2 rings (SSSR count). The summed E-state index contributed by atoms with van der Waals surface area (Å²) in [7, 11) is 1.52. The van der Waals surface area contributed by atoms with Crippen LogP contribution in [0, 0.1) is 0 Å². The number of hydrogen-bond donors (Lipinski definition) is 1. The molecule has 0 bridgehead atoms. The molecule has 0 atom stereocenters. The van der Waals surface area contributed by atoms with Gasteiger partial charge in [0, 0.05) is 7.05 Å². The highest BCUT2D eigenvalue weighted by molar-refractivity contribution is 7.12. The molecular weight excluding hydrogens is 352 g/mol. The molecule has 0 radical (unpaired) electrons. The zero-order valence-electron chi connectivity index (χ0n) is 15.2. The minimum Gasteiger partial charge on any atom is -0.459 e. The SMILES string of the molecule is CN(CC(=O)OC(C)(C)C)C(=O)c1ccccc1NC(=O)c1cccs1. The summed E-state index contributed by atoms with van der Waals surface area (Å²) in [5.74, 6) is -1.15. The number of carbonyl (C=O) groups is 3. The van der Waals surface area contributed by atoms with E-state index in [4.69, 9.17) is 4.74 Å². The lowest BCUT2D eigenvalue weighted by atomic mass is 10.1. The monoisotopic (exact) mass is 374 g/mol.